The van der Waals surface area contributed by atoms with Crippen LogP contribution in [0, 0.1) is 10.8 Å². The molecule has 0 saturated heterocycles. The first-order valence-corrected chi connectivity index (χ1v) is 12.1. The van der Waals surface area contributed by atoms with Gasteiger partial charge in [0.05, 0.1) is 33.9 Å². The SMILES string of the molecule is CC[C@]1(C)CCNCC[C@@](C)(CC)N=C(C(C)(C)C)c2cccc(n2)C(C(C)(C)C)=N1. The summed E-state index contributed by atoms with van der Waals surface area (Å²) in [6.45, 7) is 24.4. The highest BCUT2D eigenvalue weighted by atomic mass is 15.0. The van der Waals surface area contributed by atoms with Crippen LogP contribution in [0.2, 0.25) is 0 Å². The number of hydrogen-bond donors (Lipinski definition) is 1. The van der Waals surface area contributed by atoms with Gasteiger partial charge in [-0.2, -0.15) is 0 Å². The van der Waals surface area contributed by atoms with Gasteiger partial charge in [-0.15, -0.1) is 0 Å². The fourth-order valence-corrected chi connectivity index (χ4v) is 3.92. The van der Waals surface area contributed by atoms with E-state index >= 15 is 0 Å². The third-order valence-corrected chi connectivity index (χ3v) is 6.62. The minimum absolute atomic E-state index is 0.0937. The Hall–Kier alpha value is -1.55. The summed E-state index contributed by atoms with van der Waals surface area (Å²) >= 11 is 0. The molecule has 0 aromatic carbocycles. The van der Waals surface area contributed by atoms with E-state index in [-0.39, 0.29) is 21.9 Å². The molecule has 174 valence electrons. The predicted octanol–water partition coefficient (Wildman–Crippen LogP) is 6.47. The summed E-state index contributed by atoms with van der Waals surface area (Å²) in [5.41, 5.74) is 3.73. The van der Waals surface area contributed by atoms with Crippen molar-refractivity contribution in [1.29, 1.82) is 0 Å². The maximum absolute atomic E-state index is 5.37. The van der Waals surface area contributed by atoms with Crippen molar-refractivity contribution < 1.29 is 0 Å². The Morgan fingerprint density at radius 3 is 1.48 bits per heavy atom. The summed E-state index contributed by atoms with van der Waals surface area (Å²) in [6.07, 6.45) is 4.05. The van der Waals surface area contributed by atoms with E-state index in [1.54, 1.807) is 0 Å². The molecule has 1 aliphatic heterocycles. The van der Waals surface area contributed by atoms with Crippen LogP contribution >= 0.6 is 0 Å². The lowest BCUT2D eigenvalue weighted by Crippen LogP contribution is -2.36. The summed E-state index contributed by atoms with van der Waals surface area (Å²) in [5.74, 6) is 0. The summed E-state index contributed by atoms with van der Waals surface area (Å²) < 4.78 is 0. The first-order valence-electron chi connectivity index (χ1n) is 12.1. The molecular weight excluding hydrogens is 380 g/mol. The minimum atomic E-state index is -0.105. The summed E-state index contributed by atoms with van der Waals surface area (Å²) in [6, 6.07) is 6.36. The van der Waals surface area contributed by atoms with Gasteiger partial charge in [0.15, 0.2) is 0 Å². The van der Waals surface area contributed by atoms with Crippen LogP contribution in [0.15, 0.2) is 28.2 Å². The van der Waals surface area contributed by atoms with Gasteiger partial charge in [0.2, 0.25) is 0 Å². The molecule has 1 aliphatic rings. The predicted molar refractivity (Wildman–Crippen MR) is 136 cm³/mol. The van der Waals surface area contributed by atoms with Crippen molar-refractivity contribution in [2.45, 2.75) is 106 Å². The van der Waals surface area contributed by atoms with Crippen LogP contribution in [0.1, 0.15) is 106 Å². The molecule has 0 fully saturated rings. The van der Waals surface area contributed by atoms with Gasteiger partial charge in [-0.05, 0) is 64.8 Å². The molecule has 2 atom stereocenters. The Morgan fingerprint density at radius 2 is 1.16 bits per heavy atom. The third kappa shape index (κ3) is 6.71. The molecule has 2 rings (SSSR count). The van der Waals surface area contributed by atoms with Crippen molar-refractivity contribution in [3.8, 4) is 0 Å². The fourth-order valence-electron chi connectivity index (χ4n) is 3.92. The second-order valence-electron chi connectivity index (χ2n) is 11.8. The van der Waals surface area contributed by atoms with Gasteiger partial charge in [-0.25, -0.2) is 4.98 Å². The van der Waals surface area contributed by atoms with Crippen LogP contribution in [0.25, 0.3) is 0 Å². The van der Waals surface area contributed by atoms with Gasteiger partial charge >= 0.3 is 0 Å². The third-order valence-electron chi connectivity index (χ3n) is 6.62. The number of nitrogens with one attached hydrogen (secondary N) is 1. The van der Waals surface area contributed by atoms with E-state index in [4.69, 9.17) is 15.0 Å². The summed E-state index contributed by atoms with van der Waals surface area (Å²) in [5, 5.41) is 3.68. The van der Waals surface area contributed by atoms with E-state index in [0.717, 1.165) is 61.6 Å². The van der Waals surface area contributed by atoms with E-state index < -0.39 is 0 Å². The maximum Gasteiger partial charge on any atom is 0.0853 e. The second-order valence-corrected chi connectivity index (χ2v) is 11.8. The Morgan fingerprint density at radius 1 is 0.774 bits per heavy atom. The minimum Gasteiger partial charge on any atom is -0.317 e. The average molecular weight is 427 g/mol. The zero-order chi connectivity index (χ0) is 23.5. The molecule has 0 radical (unpaired) electrons. The zero-order valence-electron chi connectivity index (χ0n) is 21.8. The summed E-state index contributed by atoms with van der Waals surface area (Å²) in [4.78, 5) is 15.9. The zero-order valence-corrected chi connectivity index (χ0v) is 21.8. The number of pyridine rings is 1. The van der Waals surface area contributed by atoms with Gasteiger partial charge < -0.3 is 5.32 Å². The monoisotopic (exact) mass is 426 g/mol. The number of fused-ring (bicyclic) bond motifs is 2. The van der Waals surface area contributed by atoms with E-state index in [1.165, 1.54) is 0 Å². The molecule has 1 aromatic rings. The van der Waals surface area contributed by atoms with Gasteiger partial charge in [0.1, 0.15) is 0 Å². The van der Waals surface area contributed by atoms with Crippen LogP contribution in [-0.4, -0.2) is 40.6 Å². The molecule has 4 heteroatoms. The van der Waals surface area contributed by atoms with E-state index in [2.05, 4.69) is 92.8 Å². The fraction of sp³-hybridized carbons (Fsp3) is 0.741. The molecule has 1 N–H and O–H groups in total. The maximum atomic E-state index is 5.37. The summed E-state index contributed by atoms with van der Waals surface area (Å²) in [7, 11) is 0. The normalized spacial score (nSPS) is 26.6. The lowest BCUT2D eigenvalue weighted by Gasteiger charge is -2.32. The Labute approximate surface area is 191 Å². The highest BCUT2D eigenvalue weighted by Gasteiger charge is 2.31. The van der Waals surface area contributed by atoms with Gasteiger partial charge in [0.25, 0.3) is 0 Å². The van der Waals surface area contributed by atoms with Crippen LogP contribution in [0.4, 0.5) is 0 Å². The molecule has 0 spiro atoms. The molecule has 31 heavy (non-hydrogen) atoms. The standard InChI is InChI=1S/C27H46N4/c1-11-26(9)16-18-28-19-17-27(10,12-2)31-23(25(6,7)8)21-15-13-14-20(29-21)22(30-26)24(3,4)5/h13-15,28H,11-12,16-19H2,1-10H3/t26-,27-/m1/s1. The Balaban J connectivity index is 2.78. The van der Waals surface area contributed by atoms with Gasteiger partial charge in [0, 0.05) is 10.8 Å². The van der Waals surface area contributed by atoms with Gasteiger partial charge in [-0.1, -0.05) is 61.5 Å². The molecule has 2 heterocycles. The average Bonchev–Trinajstić information content (AvgIpc) is 2.68. The lowest BCUT2D eigenvalue weighted by molar-refractivity contribution is 0.376. The number of nitrogens with zero attached hydrogens (tertiary/aromatic N) is 3. The molecule has 0 saturated carbocycles. The van der Waals surface area contributed by atoms with E-state index in [0.29, 0.717) is 0 Å². The van der Waals surface area contributed by atoms with Crippen LogP contribution in [-0.2, 0) is 0 Å². The molecule has 0 unspecified atom stereocenters. The number of aliphatic imine (C=N–C) groups is 2. The Bertz CT molecular complexity index is 746. The highest BCUT2D eigenvalue weighted by molar-refractivity contribution is 6.06. The van der Waals surface area contributed by atoms with E-state index in [1.807, 2.05) is 0 Å². The molecule has 2 bridgehead atoms. The highest BCUT2D eigenvalue weighted by Crippen LogP contribution is 2.31. The lowest BCUT2D eigenvalue weighted by atomic mass is 9.84. The molecule has 0 amide bonds. The van der Waals surface area contributed by atoms with Crippen LogP contribution in [0.5, 0.6) is 0 Å². The van der Waals surface area contributed by atoms with E-state index in [9.17, 15) is 0 Å². The van der Waals surface area contributed by atoms with Crippen molar-refractivity contribution in [2.24, 2.45) is 20.8 Å². The number of hydrogen-bond acceptors (Lipinski definition) is 4. The van der Waals surface area contributed by atoms with Gasteiger partial charge in [-0.3, -0.25) is 9.98 Å². The first-order chi connectivity index (χ1) is 14.2. The van der Waals surface area contributed by atoms with Crippen molar-refractivity contribution >= 4 is 11.4 Å². The van der Waals surface area contributed by atoms with Crippen molar-refractivity contribution in [2.75, 3.05) is 13.1 Å². The molecule has 1 aromatic heterocycles. The van der Waals surface area contributed by atoms with Crippen molar-refractivity contribution in [1.82, 2.24) is 10.3 Å². The molecule has 4 nitrogen and oxygen atoms in total. The first kappa shape index (κ1) is 25.7. The largest absolute Gasteiger partial charge is 0.317 e. The Kier molecular flexibility index (Phi) is 7.90. The van der Waals surface area contributed by atoms with Crippen LogP contribution < -0.4 is 5.32 Å². The molecular formula is C27H46N4. The quantitative estimate of drug-likeness (QED) is 0.589. The molecule has 0 aliphatic carbocycles. The number of aromatic nitrogens is 1. The van der Waals surface area contributed by atoms with Crippen LogP contribution in [0.3, 0.4) is 0 Å². The van der Waals surface area contributed by atoms with Crippen molar-refractivity contribution in [3.63, 3.8) is 0 Å². The number of rotatable bonds is 2. The second kappa shape index (κ2) is 9.52. The smallest absolute Gasteiger partial charge is 0.0853 e. The van der Waals surface area contributed by atoms with Crippen molar-refractivity contribution in [3.05, 3.63) is 29.6 Å². The topological polar surface area (TPSA) is 49.6 Å².